The number of nitrogens with zero attached hydrogens (tertiary/aromatic N) is 2. The number of aliphatic hydroxyl groups is 1. The van der Waals surface area contributed by atoms with Gasteiger partial charge in [0.15, 0.2) is 17.0 Å². The Morgan fingerprint density at radius 3 is 3.07 bits per heavy atom. The van der Waals surface area contributed by atoms with Crippen LogP contribution in [0.15, 0.2) is 46.9 Å². The lowest BCUT2D eigenvalue weighted by atomic mass is 9.98. The van der Waals surface area contributed by atoms with Crippen molar-refractivity contribution < 1.29 is 19.1 Å². The number of ether oxygens (including phenoxy) is 1. The van der Waals surface area contributed by atoms with E-state index in [0.717, 1.165) is 18.7 Å². The van der Waals surface area contributed by atoms with Gasteiger partial charge in [-0.1, -0.05) is 24.3 Å². The molecule has 8 heteroatoms. The molecule has 2 aromatic rings. The lowest BCUT2D eigenvalue weighted by Gasteiger charge is -2.32. The molecule has 2 aromatic heterocycles. The molecule has 0 saturated carbocycles. The second-order valence-electron chi connectivity index (χ2n) is 7.11. The van der Waals surface area contributed by atoms with Crippen molar-refractivity contribution in [3.05, 3.63) is 47.4 Å². The quantitative estimate of drug-likeness (QED) is 0.797. The third kappa shape index (κ3) is 3.70. The van der Waals surface area contributed by atoms with Gasteiger partial charge in [-0.25, -0.2) is 4.98 Å². The first-order valence-corrected chi connectivity index (χ1v) is 10.1. The van der Waals surface area contributed by atoms with Crippen molar-refractivity contribution in [2.24, 2.45) is 5.92 Å². The lowest BCUT2D eigenvalue weighted by molar-refractivity contribution is -0.123. The summed E-state index contributed by atoms with van der Waals surface area (Å²) in [5.41, 5.74) is 1.38. The largest absolute Gasteiger partial charge is 0.488 e. The third-order valence-corrected chi connectivity index (χ3v) is 5.99. The van der Waals surface area contributed by atoms with Crippen molar-refractivity contribution in [2.45, 2.75) is 32.0 Å². The number of furan rings is 1. The Bertz CT molecular complexity index is 895. The Balaban J connectivity index is 1.65. The molecule has 0 aromatic carbocycles. The number of aromatic nitrogens is 1. The summed E-state index contributed by atoms with van der Waals surface area (Å²) < 4.78 is 10.8. The zero-order chi connectivity index (χ0) is 19.7. The van der Waals surface area contributed by atoms with Gasteiger partial charge in [0, 0.05) is 25.7 Å². The number of hydrogen-bond donors (Lipinski definition) is 2. The predicted octanol–water partition coefficient (Wildman–Crippen LogP) is 3.53. The Labute approximate surface area is 167 Å². The molecule has 3 unspecified atom stereocenters. The van der Waals surface area contributed by atoms with Gasteiger partial charge in [0.1, 0.15) is 11.8 Å². The predicted molar refractivity (Wildman–Crippen MR) is 107 cm³/mol. The second-order valence-corrected chi connectivity index (χ2v) is 8.14. The highest BCUT2D eigenvalue weighted by molar-refractivity contribution is 7.16. The minimum atomic E-state index is -0.847. The Morgan fingerprint density at radius 1 is 1.50 bits per heavy atom. The van der Waals surface area contributed by atoms with Gasteiger partial charge >= 0.3 is 0 Å². The van der Waals surface area contributed by atoms with E-state index >= 15 is 0 Å². The van der Waals surface area contributed by atoms with Crippen LogP contribution in [0.3, 0.4) is 0 Å². The number of nitrogens with one attached hydrogen (secondary N) is 1. The molecular formula is C20H23N3O4S. The van der Waals surface area contributed by atoms with Crippen LogP contribution in [0.2, 0.25) is 0 Å². The molecule has 0 bridgehead atoms. The van der Waals surface area contributed by atoms with Crippen LogP contribution in [0.4, 0.5) is 5.13 Å². The number of amides is 1. The first kappa shape index (κ1) is 18.8. The van der Waals surface area contributed by atoms with Gasteiger partial charge in [-0.05, 0) is 30.5 Å². The highest BCUT2D eigenvalue weighted by Gasteiger charge is 2.29. The smallest absolute Gasteiger partial charge is 0.267 e. The minimum Gasteiger partial charge on any atom is -0.488 e. The highest BCUT2D eigenvalue weighted by Crippen LogP contribution is 2.40. The van der Waals surface area contributed by atoms with Gasteiger partial charge in [0.05, 0.1) is 17.4 Å². The maximum Gasteiger partial charge on any atom is 0.267 e. The molecule has 0 spiro atoms. The van der Waals surface area contributed by atoms with Gasteiger partial charge in [-0.15, -0.1) is 0 Å². The maximum atomic E-state index is 12.4. The van der Waals surface area contributed by atoms with Gasteiger partial charge < -0.3 is 19.2 Å². The molecule has 3 atom stereocenters. The average molecular weight is 401 g/mol. The van der Waals surface area contributed by atoms with E-state index in [9.17, 15) is 9.90 Å². The number of hydrogen-bond acceptors (Lipinski definition) is 7. The van der Waals surface area contributed by atoms with E-state index in [1.54, 1.807) is 18.4 Å². The zero-order valence-corrected chi connectivity index (χ0v) is 16.6. The average Bonchev–Trinajstić information content (AvgIpc) is 3.44. The Hall–Kier alpha value is -2.58. The van der Waals surface area contributed by atoms with Crippen molar-refractivity contribution in [2.75, 3.05) is 18.9 Å². The van der Waals surface area contributed by atoms with Crippen LogP contribution in [-0.2, 0) is 9.53 Å². The topological polar surface area (TPSA) is 87.8 Å². The van der Waals surface area contributed by atoms with Crippen molar-refractivity contribution in [3.8, 4) is 11.5 Å². The van der Waals surface area contributed by atoms with E-state index in [4.69, 9.17) is 9.15 Å². The summed E-state index contributed by atoms with van der Waals surface area (Å²) in [6, 6.07) is 3.57. The number of thiazole rings is 1. The van der Waals surface area contributed by atoms with E-state index in [2.05, 4.69) is 28.2 Å². The fourth-order valence-electron chi connectivity index (χ4n) is 3.36. The molecule has 0 saturated heterocycles. The Kier molecular flexibility index (Phi) is 5.23. The molecule has 28 heavy (non-hydrogen) atoms. The van der Waals surface area contributed by atoms with Crippen LogP contribution in [0.25, 0.3) is 11.5 Å². The monoisotopic (exact) mass is 401 g/mol. The number of carbonyl (C=O) groups excluding carboxylic acids is 1. The van der Waals surface area contributed by atoms with Gasteiger partial charge in [-0.2, -0.15) is 0 Å². The maximum absolute atomic E-state index is 12.4. The first-order valence-electron chi connectivity index (χ1n) is 9.29. The summed E-state index contributed by atoms with van der Waals surface area (Å²) in [5, 5.41) is 14.4. The van der Waals surface area contributed by atoms with Crippen LogP contribution in [0.1, 0.15) is 30.7 Å². The Morgan fingerprint density at radius 2 is 2.36 bits per heavy atom. The molecule has 1 amide bonds. The highest BCUT2D eigenvalue weighted by atomic mass is 32.1. The molecule has 4 rings (SSSR count). The molecule has 0 fully saturated rings. The molecule has 7 nitrogen and oxygen atoms in total. The van der Waals surface area contributed by atoms with Gasteiger partial charge in [-0.3, -0.25) is 10.1 Å². The number of allylic oxidation sites excluding steroid dienone is 1. The van der Waals surface area contributed by atoms with E-state index in [1.165, 1.54) is 17.6 Å². The number of anilines is 1. The third-order valence-electron chi connectivity index (χ3n) is 4.96. The standard InChI is InChI=1S/C20H23N3O4S/c1-12-7-8-23(2)13(11-12)17(24)18-16(14-5-3-9-26-14)21-20(28-18)22-19(25)15-6-4-10-27-15/h3-5,9-12,15,17,24H,6-8H2,1-2H3,(H,21,22,25). The molecule has 2 aliphatic heterocycles. The summed E-state index contributed by atoms with van der Waals surface area (Å²) in [5.74, 6) is 0.692. The van der Waals surface area contributed by atoms with Crippen molar-refractivity contribution in [3.63, 3.8) is 0 Å². The normalized spacial score (nSPS) is 22.7. The molecular weight excluding hydrogens is 378 g/mol. The lowest BCUT2D eigenvalue weighted by Crippen LogP contribution is -2.28. The summed E-state index contributed by atoms with van der Waals surface area (Å²) in [6.07, 6.45) is 7.19. The summed E-state index contributed by atoms with van der Waals surface area (Å²) in [6.45, 7) is 3.02. The first-order chi connectivity index (χ1) is 13.5. The van der Waals surface area contributed by atoms with Crippen LogP contribution in [-0.4, -0.2) is 40.6 Å². The zero-order valence-electron chi connectivity index (χ0n) is 15.8. The fourth-order valence-corrected chi connectivity index (χ4v) is 4.34. The number of carbonyl (C=O) groups is 1. The SMILES string of the molecule is CC1C=C(C(O)c2sc(NC(=O)C3CC=CO3)nc2-c2ccco2)N(C)CC1. The van der Waals surface area contributed by atoms with Crippen molar-refractivity contribution >= 4 is 22.4 Å². The van der Waals surface area contributed by atoms with Crippen LogP contribution >= 0.6 is 11.3 Å². The number of rotatable bonds is 5. The molecule has 0 aliphatic carbocycles. The van der Waals surface area contributed by atoms with Crippen LogP contribution in [0.5, 0.6) is 0 Å². The van der Waals surface area contributed by atoms with E-state index in [0.29, 0.717) is 33.8 Å². The van der Waals surface area contributed by atoms with Crippen LogP contribution < -0.4 is 5.32 Å². The number of likely N-dealkylation sites (N-methyl/N-ethyl adjacent to an activating group) is 1. The van der Waals surface area contributed by atoms with Gasteiger partial charge in [0.2, 0.25) is 0 Å². The summed E-state index contributed by atoms with van der Waals surface area (Å²) in [4.78, 5) is 19.6. The molecule has 0 radical (unpaired) electrons. The van der Waals surface area contributed by atoms with Crippen molar-refractivity contribution in [1.29, 1.82) is 0 Å². The summed E-state index contributed by atoms with van der Waals surface area (Å²) in [7, 11) is 1.97. The minimum absolute atomic E-state index is 0.256. The molecule has 2 N–H and O–H groups in total. The van der Waals surface area contributed by atoms with E-state index < -0.39 is 12.2 Å². The second kappa shape index (κ2) is 7.81. The van der Waals surface area contributed by atoms with E-state index in [-0.39, 0.29) is 5.91 Å². The van der Waals surface area contributed by atoms with E-state index in [1.807, 2.05) is 13.1 Å². The molecule has 4 heterocycles. The van der Waals surface area contributed by atoms with Crippen LogP contribution in [0, 0.1) is 5.92 Å². The molecule has 2 aliphatic rings. The van der Waals surface area contributed by atoms with Crippen molar-refractivity contribution in [1.82, 2.24) is 9.88 Å². The fraction of sp³-hybridized carbons (Fsp3) is 0.400. The number of aliphatic hydroxyl groups excluding tert-OH is 1. The molecule has 148 valence electrons. The summed E-state index contributed by atoms with van der Waals surface area (Å²) >= 11 is 1.25. The van der Waals surface area contributed by atoms with Gasteiger partial charge in [0.25, 0.3) is 5.91 Å².